The minimum atomic E-state index is -0.673. The van der Waals surface area contributed by atoms with Gasteiger partial charge in [0.1, 0.15) is 5.82 Å². The van der Waals surface area contributed by atoms with E-state index in [9.17, 15) is 9.59 Å². The Hall–Kier alpha value is -2.99. The monoisotopic (exact) mass is 438 g/mol. The van der Waals surface area contributed by atoms with Crippen LogP contribution in [0.15, 0.2) is 12.1 Å². The molecule has 2 aromatic rings. The third kappa shape index (κ3) is 6.54. The number of hydrogen-bond acceptors (Lipinski definition) is 7. The maximum atomic E-state index is 11.6. The van der Waals surface area contributed by atoms with E-state index in [0.717, 1.165) is 17.8 Å². The molecule has 2 rings (SSSR count). The van der Waals surface area contributed by atoms with Gasteiger partial charge in [0.2, 0.25) is 0 Å². The minimum Gasteiger partial charge on any atom is -0.450 e. The van der Waals surface area contributed by atoms with Crippen LogP contribution >= 0.6 is 24.4 Å². The van der Waals surface area contributed by atoms with Gasteiger partial charge < -0.3 is 25.1 Å². The van der Waals surface area contributed by atoms with E-state index in [1.807, 2.05) is 6.92 Å². The predicted octanol–water partition coefficient (Wildman–Crippen LogP) is 3.01. The summed E-state index contributed by atoms with van der Waals surface area (Å²) in [6.07, 6.45) is -0.616. The highest BCUT2D eigenvalue weighted by Gasteiger charge is 2.14. The van der Waals surface area contributed by atoms with Crippen LogP contribution in [0.1, 0.15) is 26.6 Å². The molecule has 0 saturated carbocycles. The van der Waals surface area contributed by atoms with Crippen LogP contribution in [0.25, 0.3) is 11.0 Å². The Morgan fingerprint density at radius 1 is 0.966 bits per heavy atom. The largest absolute Gasteiger partial charge is 0.450 e. The molecule has 12 heteroatoms. The fourth-order valence-electron chi connectivity index (χ4n) is 2.31. The maximum Gasteiger partial charge on any atom is 0.413 e. The van der Waals surface area contributed by atoms with Crippen molar-refractivity contribution in [3.8, 4) is 0 Å². The number of thiocarbonyl (C=S) groups is 2. The molecule has 0 aliphatic heterocycles. The van der Waals surface area contributed by atoms with Crippen molar-refractivity contribution in [3.05, 3.63) is 18.0 Å². The number of imidazole rings is 1. The molecular formula is C17H22N6O4S2. The molecule has 0 atom stereocenters. The number of H-pyrrole nitrogens is 1. The number of nitrogens with one attached hydrogen (secondary N) is 5. The second kappa shape index (κ2) is 10.5. The van der Waals surface area contributed by atoms with Crippen molar-refractivity contribution >= 4 is 69.3 Å². The zero-order chi connectivity index (χ0) is 21.4. The molecule has 0 spiro atoms. The molecule has 10 nitrogen and oxygen atoms in total. The molecule has 29 heavy (non-hydrogen) atoms. The van der Waals surface area contributed by atoms with Crippen molar-refractivity contribution in [2.45, 2.75) is 27.2 Å². The van der Waals surface area contributed by atoms with Gasteiger partial charge in [-0.1, -0.05) is 6.92 Å². The predicted molar refractivity (Wildman–Crippen MR) is 118 cm³/mol. The summed E-state index contributed by atoms with van der Waals surface area (Å²) in [7, 11) is 0. The minimum absolute atomic E-state index is 0.0290. The Bertz CT molecular complexity index is 859. The SMILES string of the molecule is CCOC(=O)NC(=S)Nc1cc2nc(CC)[nH]c2cc1NC(=S)NC(=O)OCC. The lowest BCUT2D eigenvalue weighted by molar-refractivity contribution is 0.157. The van der Waals surface area contributed by atoms with Crippen LogP contribution in [-0.4, -0.2) is 45.6 Å². The van der Waals surface area contributed by atoms with Crippen molar-refractivity contribution in [1.29, 1.82) is 0 Å². The lowest BCUT2D eigenvalue weighted by Gasteiger charge is -2.16. The van der Waals surface area contributed by atoms with Gasteiger partial charge in [-0.25, -0.2) is 14.6 Å². The summed E-state index contributed by atoms with van der Waals surface area (Å²) in [6.45, 7) is 5.79. The van der Waals surface area contributed by atoms with Crippen LogP contribution in [0.4, 0.5) is 21.0 Å². The average Bonchev–Trinajstić information content (AvgIpc) is 3.03. The first-order valence-electron chi connectivity index (χ1n) is 8.88. The van der Waals surface area contributed by atoms with Gasteiger partial charge in [0.25, 0.3) is 0 Å². The second-order valence-corrected chi connectivity index (χ2v) is 6.37. The topological polar surface area (TPSA) is 129 Å². The molecule has 1 aromatic carbocycles. The number of hydrogen-bond donors (Lipinski definition) is 5. The van der Waals surface area contributed by atoms with Gasteiger partial charge in [-0.3, -0.25) is 10.6 Å². The average molecular weight is 439 g/mol. The highest BCUT2D eigenvalue weighted by molar-refractivity contribution is 7.80. The van der Waals surface area contributed by atoms with E-state index in [1.165, 1.54) is 0 Å². The van der Waals surface area contributed by atoms with Crippen LogP contribution in [0.2, 0.25) is 0 Å². The molecular weight excluding hydrogens is 416 g/mol. The Morgan fingerprint density at radius 2 is 1.48 bits per heavy atom. The number of aryl methyl sites for hydroxylation is 1. The number of aromatic amines is 1. The molecule has 0 unspecified atom stereocenters. The molecule has 0 radical (unpaired) electrons. The zero-order valence-electron chi connectivity index (χ0n) is 16.2. The van der Waals surface area contributed by atoms with Gasteiger partial charge in [0, 0.05) is 6.42 Å². The van der Waals surface area contributed by atoms with Crippen LogP contribution < -0.4 is 21.3 Å². The molecule has 2 amide bonds. The summed E-state index contributed by atoms with van der Waals surface area (Å²) in [5.74, 6) is 0.808. The van der Waals surface area contributed by atoms with Gasteiger partial charge in [-0.05, 0) is 50.4 Å². The maximum absolute atomic E-state index is 11.6. The van der Waals surface area contributed by atoms with E-state index in [2.05, 4.69) is 31.2 Å². The summed E-state index contributed by atoms with van der Waals surface area (Å²) in [5, 5.41) is 10.7. The van der Waals surface area contributed by atoms with Gasteiger partial charge in [0.15, 0.2) is 10.2 Å². The summed E-state index contributed by atoms with van der Waals surface area (Å²) in [4.78, 5) is 30.8. The number of amides is 2. The number of alkyl carbamates (subject to hydrolysis) is 2. The number of rotatable bonds is 5. The Balaban J connectivity index is 2.26. The molecule has 0 bridgehead atoms. The van der Waals surface area contributed by atoms with Crippen molar-refractivity contribution in [1.82, 2.24) is 20.6 Å². The molecule has 0 aliphatic rings. The van der Waals surface area contributed by atoms with Crippen LogP contribution in [0.5, 0.6) is 0 Å². The number of anilines is 2. The van der Waals surface area contributed by atoms with Gasteiger partial charge in [-0.2, -0.15) is 0 Å². The number of carbonyl (C=O) groups excluding carboxylic acids is 2. The van der Waals surface area contributed by atoms with E-state index < -0.39 is 12.2 Å². The summed E-state index contributed by atoms with van der Waals surface area (Å²) >= 11 is 10.3. The molecule has 1 aromatic heterocycles. The number of ether oxygens (including phenoxy) is 2. The number of nitrogens with zero attached hydrogens (tertiary/aromatic N) is 1. The molecule has 0 saturated heterocycles. The van der Waals surface area contributed by atoms with E-state index >= 15 is 0 Å². The summed E-state index contributed by atoms with van der Waals surface area (Å²) in [5.41, 5.74) is 2.44. The molecule has 156 valence electrons. The molecule has 0 aliphatic carbocycles. The van der Waals surface area contributed by atoms with Gasteiger partial charge in [0.05, 0.1) is 35.6 Å². The van der Waals surface area contributed by atoms with Crippen LogP contribution in [0.3, 0.4) is 0 Å². The summed E-state index contributed by atoms with van der Waals surface area (Å²) < 4.78 is 9.62. The van der Waals surface area contributed by atoms with E-state index in [-0.39, 0.29) is 23.4 Å². The Labute approximate surface area is 178 Å². The van der Waals surface area contributed by atoms with E-state index in [1.54, 1.807) is 26.0 Å². The fourth-order valence-corrected chi connectivity index (χ4v) is 2.70. The first-order valence-corrected chi connectivity index (χ1v) is 9.70. The highest BCUT2D eigenvalue weighted by Crippen LogP contribution is 2.27. The van der Waals surface area contributed by atoms with Crippen molar-refractivity contribution < 1.29 is 19.1 Å². The van der Waals surface area contributed by atoms with Gasteiger partial charge >= 0.3 is 12.2 Å². The molecule has 5 N–H and O–H groups in total. The highest BCUT2D eigenvalue weighted by atomic mass is 32.1. The third-order valence-electron chi connectivity index (χ3n) is 3.48. The number of carbonyl (C=O) groups is 2. The number of aromatic nitrogens is 2. The Morgan fingerprint density at radius 3 is 1.97 bits per heavy atom. The zero-order valence-corrected chi connectivity index (χ0v) is 17.8. The standard InChI is InChI=1S/C17H22N6O4S2/c1-4-13-18-9-7-11(20-14(28)22-16(24)26-5-2)12(8-10(9)19-13)21-15(29)23-17(25)27-6-3/h7-8H,4-6H2,1-3H3,(H,18,19)(H2,20,22,24,28)(H2,21,23,25,29). The van der Waals surface area contributed by atoms with E-state index in [0.29, 0.717) is 16.9 Å². The number of fused-ring (bicyclic) bond motifs is 1. The van der Waals surface area contributed by atoms with Crippen LogP contribution in [0, 0.1) is 0 Å². The fraction of sp³-hybridized carbons (Fsp3) is 0.353. The van der Waals surface area contributed by atoms with Crippen LogP contribution in [-0.2, 0) is 15.9 Å². The van der Waals surface area contributed by atoms with E-state index in [4.69, 9.17) is 33.9 Å². The smallest absolute Gasteiger partial charge is 0.413 e. The van der Waals surface area contributed by atoms with Gasteiger partial charge in [-0.15, -0.1) is 0 Å². The molecule has 0 fully saturated rings. The normalized spacial score (nSPS) is 10.2. The third-order valence-corrected chi connectivity index (χ3v) is 3.89. The first-order chi connectivity index (χ1) is 13.9. The quantitative estimate of drug-likeness (QED) is 0.447. The second-order valence-electron chi connectivity index (χ2n) is 5.55. The Kier molecular flexibility index (Phi) is 8.09. The number of benzene rings is 1. The lowest BCUT2D eigenvalue weighted by Crippen LogP contribution is -2.36. The first kappa shape index (κ1) is 22.3. The van der Waals surface area contributed by atoms with Crippen molar-refractivity contribution in [2.75, 3.05) is 23.8 Å². The lowest BCUT2D eigenvalue weighted by atomic mass is 10.2. The molecule has 1 heterocycles. The van der Waals surface area contributed by atoms with Crippen molar-refractivity contribution in [3.63, 3.8) is 0 Å². The van der Waals surface area contributed by atoms with Crippen molar-refractivity contribution in [2.24, 2.45) is 0 Å². The summed E-state index contributed by atoms with van der Waals surface area (Å²) in [6, 6.07) is 3.50.